The monoisotopic (exact) mass is 474 g/mol. The molecule has 7 heteroatoms. The van der Waals surface area contributed by atoms with E-state index in [0.717, 1.165) is 16.7 Å². The van der Waals surface area contributed by atoms with Gasteiger partial charge in [0.15, 0.2) is 18.1 Å². The number of hydrazone groups is 1. The van der Waals surface area contributed by atoms with Crippen LogP contribution in [0.1, 0.15) is 52.4 Å². The van der Waals surface area contributed by atoms with E-state index in [1.165, 1.54) is 13.3 Å². The largest absolute Gasteiger partial charge is 0.493 e. The first-order valence-electron chi connectivity index (χ1n) is 11.3. The Kier molecular flexibility index (Phi) is 8.62. The van der Waals surface area contributed by atoms with Gasteiger partial charge in [-0.25, -0.2) is 10.2 Å². The number of rotatable bonds is 9. The first kappa shape index (κ1) is 25.5. The first-order valence-corrected chi connectivity index (χ1v) is 11.3. The molecule has 0 saturated heterocycles. The molecule has 3 rings (SSSR count). The Bertz CT molecular complexity index is 1220. The van der Waals surface area contributed by atoms with Crippen molar-refractivity contribution >= 4 is 18.1 Å². The minimum Gasteiger partial charge on any atom is -0.493 e. The van der Waals surface area contributed by atoms with Crippen LogP contribution in [-0.2, 0) is 4.79 Å². The Morgan fingerprint density at radius 1 is 0.943 bits per heavy atom. The SMILES string of the molecule is COc1cc(/C=N/NC(=O)COc2cc(C(C)C)ccc2C)ccc1OC(=O)c1ccc(C)cc1. The summed E-state index contributed by atoms with van der Waals surface area (Å²) in [6.45, 7) is 7.93. The van der Waals surface area contributed by atoms with E-state index in [1.807, 2.05) is 38.1 Å². The standard InChI is InChI=1S/C28H30N2O5/c1-18(2)23-12-8-20(4)25(15-23)34-17-27(31)30-29-16-21-9-13-24(26(14-21)33-5)35-28(32)22-10-6-19(3)7-11-22/h6-16,18H,17H2,1-5H3,(H,30,31)/b29-16+. The second kappa shape index (κ2) is 11.8. The maximum absolute atomic E-state index is 12.4. The van der Waals surface area contributed by atoms with Crippen LogP contribution in [-0.4, -0.2) is 31.8 Å². The third-order valence-electron chi connectivity index (χ3n) is 5.32. The zero-order valence-electron chi connectivity index (χ0n) is 20.6. The van der Waals surface area contributed by atoms with Crippen molar-refractivity contribution in [3.05, 3.63) is 88.5 Å². The van der Waals surface area contributed by atoms with Gasteiger partial charge in [-0.2, -0.15) is 5.10 Å². The summed E-state index contributed by atoms with van der Waals surface area (Å²) >= 11 is 0. The van der Waals surface area contributed by atoms with E-state index < -0.39 is 5.97 Å². The van der Waals surface area contributed by atoms with Gasteiger partial charge in [0.2, 0.25) is 0 Å². The summed E-state index contributed by atoms with van der Waals surface area (Å²) in [5, 5.41) is 3.98. The molecular formula is C28H30N2O5. The Morgan fingerprint density at radius 2 is 1.69 bits per heavy atom. The molecule has 1 amide bonds. The maximum atomic E-state index is 12.4. The van der Waals surface area contributed by atoms with Crippen LogP contribution in [0.3, 0.4) is 0 Å². The smallest absolute Gasteiger partial charge is 0.343 e. The number of nitrogens with one attached hydrogen (secondary N) is 1. The summed E-state index contributed by atoms with van der Waals surface area (Å²) in [6.07, 6.45) is 1.47. The van der Waals surface area contributed by atoms with Crippen LogP contribution >= 0.6 is 0 Å². The van der Waals surface area contributed by atoms with Crippen molar-refractivity contribution in [1.29, 1.82) is 0 Å². The van der Waals surface area contributed by atoms with Gasteiger partial charge in [-0.15, -0.1) is 0 Å². The number of methoxy groups -OCH3 is 1. The first-order chi connectivity index (χ1) is 16.8. The van der Waals surface area contributed by atoms with E-state index >= 15 is 0 Å². The molecule has 3 aromatic rings. The molecule has 0 atom stereocenters. The van der Waals surface area contributed by atoms with E-state index in [1.54, 1.807) is 30.3 Å². The lowest BCUT2D eigenvalue weighted by molar-refractivity contribution is -0.123. The van der Waals surface area contributed by atoms with Crippen molar-refractivity contribution in [2.24, 2.45) is 5.10 Å². The number of aryl methyl sites for hydroxylation is 2. The molecule has 0 aromatic heterocycles. The van der Waals surface area contributed by atoms with Gasteiger partial charge in [0.1, 0.15) is 5.75 Å². The number of carbonyl (C=O) groups is 2. The van der Waals surface area contributed by atoms with Gasteiger partial charge in [0.05, 0.1) is 18.9 Å². The molecule has 182 valence electrons. The zero-order chi connectivity index (χ0) is 25.4. The lowest BCUT2D eigenvalue weighted by Crippen LogP contribution is -2.24. The Hall–Kier alpha value is -4.13. The van der Waals surface area contributed by atoms with E-state index in [2.05, 4.69) is 30.4 Å². The van der Waals surface area contributed by atoms with Gasteiger partial charge in [0.25, 0.3) is 5.91 Å². The zero-order valence-corrected chi connectivity index (χ0v) is 20.6. The molecule has 0 aliphatic carbocycles. The third-order valence-corrected chi connectivity index (χ3v) is 5.32. The number of esters is 1. The molecule has 7 nitrogen and oxygen atoms in total. The van der Waals surface area contributed by atoms with Crippen molar-refractivity contribution in [3.63, 3.8) is 0 Å². The quantitative estimate of drug-likeness (QED) is 0.200. The molecule has 3 aromatic carbocycles. The predicted octanol–water partition coefficient (Wildman–Crippen LogP) is 5.18. The van der Waals surface area contributed by atoms with Crippen LogP contribution in [0.4, 0.5) is 0 Å². The van der Waals surface area contributed by atoms with Crippen LogP contribution in [0, 0.1) is 13.8 Å². The van der Waals surface area contributed by atoms with Crippen molar-refractivity contribution in [2.45, 2.75) is 33.6 Å². The fourth-order valence-electron chi connectivity index (χ4n) is 3.18. The highest BCUT2D eigenvalue weighted by molar-refractivity contribution is 5.91. The molecule has 35 heavy (non-hydrogen) atoms. The van der Waals surface area contributed by atoms with Gasteiger partial charge in [-0.1, -0.05) is 43.7 Å². The molecule has 0 unspecified atom stereocenters. The van der Waals surface area contributed by atoms with Gasteiger partial charge in [0, 0.05) is 0 Å². The van der Waals surface area contributed by atoms with E-state index in [0.29, 0.717) is 28.5 Å². The van der Waals surface area contributed by atoms with E-state index in [-0.39, 0.29) is 18.3 Å². The highest BCUT2D eigenvalue weighted by Crippen LogP contribution is 2.28. The Balaban J connectivity index is 1.57. The molecular weight excluding hydrogens is 444 g/mol. The van der Waals surface area contributed by atoms with Gasteiger partial charge < -0.3 is 14.2 Å². The van der Waals surface area contributed by atoms with Crippen molar-refractivity contribution in [1.82, 2.24) is 5.43 Å². The highest BCUT2D eigenvalue weighted by atomic mass is 16.6. The van der Waals surface area contributed by atoms with Crippen LogP contribution in [0.15, 0.2) is 65.8 Å². The second-order valence-electron chi connectivity index (χ2n) is 8.43. The average molecular weight is 475 g/mol. The second-order valence-corrected chi connectivity index (χ2v) is 8.43. The lowest BCUT2D eigenvalue weighted by Gasteiger charge is -2.12. The fourth-order valence-corrected chi connectivity index (χ4v) is 3.18. The van der Waals surface area contributed by atoms with Crippen LogP contribution in [0.2, 0.25) is 0 Å². The number of hydrogen-bond acceptors (Lipinski definition) is 6. The van der Waals surface area contributed by atoms with Gasteiger partial charge in [-0.3, -0.25) is 4.79 Å². The van der Waals surface area contributed by atoms with Gasteiger partial charge >= 0.3 is 5.97 Å². The molecule has 1 N–H and O–H groups in total. The molecule has 0 saturated carbocycles. The highest BCUT2D eigenvalue weighted by Gasteiger charge is 2.13. The Labute approximate surface area is 205 Å². The average Bonchev–Trinajstić information content (AvgIpc) is 2.84. The van der Waals surface area contributed by atoms with E-state index in [9.17, 15) is 9.59 Å². The summed E-state index contributed by atoms with van der Waals surface area (Å²) < 4.78 is 16.5. The van der Waals surface area contributed by atoms with Crippen LogP contribution in [0.5, 0.6) is 17.2 Å². The van der Waals surface area contributed by atoms with Crippen molar-refractivity contribution in [3.8, 4) is 17.2 Å². The minimum absolute atomic E-state index is 0.156. The number of hydrogen-bond donors (Lipinski definition) is 1. The van der Waals surface area contributed by atoms with Crippen molar-refractivity contribution < 1.29 is 23.8 Å². The van der Waals surface area contributed by atoms with Gasteiger partial charge in [-0.05, 0) is 72.9 Å². The topological polar surface area (TPSA) is 86.2 Å². The third kappa shape index (κ3) is 7.17. The maximum Gasteiger partial charge on any atom is 0.343 e. The van der Waals surface area contributed by atoms with Crippen LogP contribution in [0.25, 0.3) is 0 Å². The summed E-state index contributed by atoms with van der Waals surface area (Å²) in [5.41, 5.74) is 6.70. The number of amides is 1. The molecule has 0 radical (unpaired) electrons. The lowest BCUT2D eigenvalue weighted by atomic mass is 10.0. The molecule has 0 aliphatic heterocycles. The fraction of sp³-hybridized carbons (Fsp3) is 0.250. The number of nitrogens with zero attached hydrogens (tertiary/aromatic N) is 1. The Morgan fingerprint density at radius 3 is 2.37 bits per heavy atom. The summed E-state index contributed by atoms with van der Waals surface area (Å²) in [5.74, 6) is 0.829. The molecule has 0 bridgehead atoms. The minimum atomic E-state index is -0.480. The normalized spacial score (nSPS) is 10.9. The van der Waals surface area contributed by atoms with Crippen LogP contribution < -0.4 is 19.6 Å². The molecule has 0 spiro atoms. The molecule has 0 fully saturated rings. The summed E-state index contributed by atoms with van der Waals surface area (Å²) in [7, 11) is 1.48. The van der Waals surface area contributed by atoms with Crippen molar-refractivity contribution in [2.75, 3.05) is 13.7 Å². The van der Waals surface area contributed by atoms with E-state index in [4.69, 9.17) is 14.2 Å². The summed E-state index contributed by atoms with van der Waals surface area (Å²) in [6, 6.07) is 18.1. The number of ether oxygens (including phenoxy) is 3. The number of benzene rings is 3. The predicted molar refractivity (Wildman–Crippen MR) is 136 cm³/mol. The number of carbonyl (C=O) groups excluding carboxylic acids is 2. The molecule has 0 heterocycles. The molecule has 0 aliphatic rings. The summed E-state index contributed by atoms with van der Waals surface area (Å²) in [4.78, 5) is 24.6.